The molecule has 2 amide bonds. The summed E-state index contributed by atoms with van der Waals surface area (Å²) in [6.07, 6.45) is 2.10. The van der Waals surface area contributed by atoms with Gasteiger partial charge in [0.15, 0.2) is 0 Å². The van der Waals surface area contributed by atoms with Gasteiger partial charge in [0.1, 0.15) is 5.82 Å². The van der Waals surface area contributed by atoms with Gasteiger partial charge in [0.25, 0.3) is 0 Å². The number of amides is 2. The molecule has 5 N–H and O–H groups in total. The Hall–Kier alpha value is -4.27. The average molecular weight is 540 g/mol. The Morgan fingerprint density at radius 3 is 2.30 bits per heavy atom. The van der Waals surface area contributed by atoms with Crippen LogP contribution in [0.2, 0.25) is 0 Å². The van der Waals surface area contributed by atoms with Crippen molar-refractivity contribution in [1.82, 2.24) is 20.2 Å². The molecule has 0 spiro atoms. The van der Waals surface area contributed by atoms with Gasteiger partial charge >= 0.3 is 0 Å². The van der Waals surface area contributed by atoms with Crippen LogP contribution in [0, 0.1) is 13.8 Å². The van der Waals surface area contributed by atoms with Crippen molar-refractivity contribution in [2.75, 3.05) is 6.54 Å². The summed E-state index contributed by atoms with van der Waals surface area (Å²) >= 11 is 0. The number of aliphatic hydroxyl groups is 1. The van der Waals surface area contributed by atoms with Crippen LogP contribution in [0.1, 0.15) is 57.0 Å². The molecule has 0 fully saturated rings. The SMILES string of the molecule is Cc1ccc(C)n1-c1ccc([C@H](O)CN[C@H](C)Cc2cccc(CC(=O)NCc3ccc(C(N)=O)cc3)c2)cn1. The van der Waals surface area contributed by atoms with E-state index in [-0.39, 0.29) is 18.4 Å². The summed E-state index contributed by atoms with van der Waals surface area (Å²) in [6, 6.07) is 23.0. The average Bonchev–Trinajstić information content (AvgIpc) is 3.28. The summed E-state index contributed by atoms with van der Waals surface area (Å²) in [6.45, 7) is 6.96. The Labute approximate surface area is 235 Å². The van der Waals surface area contributed by atoms with Gasteiger partial charge in [-0.05, 0) is 74.2 Å². The minimum atomic E-state index is -0.669. The standard InChI is InChI=1S/C32H37N5O3/c1-21(34-20-29(38)28-13-14-30(35-19-28)37-22(2)7-8-23(37)3)15-25-5-4-6-26(16-25)17-31(39)36-18-24-9-11-27(12-10-24)32(33)40/h4-14,16,19,21,29,34,38H,15,17-18,20H2,1-3H3,(H2,33,40)(H,36,39)/t21-,29-/m1/s1. The lowest BCUT2D eigenvalue weighted by atomic mass is 10.0. The monoisotopic (exact) mass is 539 g/mol. The summed E-state index contributed by atoms with van der Waals surface area (Å²) in [4.78, 5) is 28.3. The van der Waals surface area contributed by atoms with Crippen LogP contribution in [0.15, 0.2) is 79.0 Å². The number of aliphatic hydroxyl groups excluding tert-OH is 1. The number of nitrogens with one attached hydrogen (secondary N) is 2. The molecule has 0 unspecified atom stereocenters. The molecule has 40 heavy (non-hydrogen) atoms. The van der Waals surface area contributed by atoms with Gasteiger partial charge in [-0.1, -0.05) is 42.5 Å². The first-order valence-electron chi connectivity index (χ1n) is 13.5. The molecule has 4 aromatic rings. The largest absolute Gasteiger partial charge is 0.387 e. The number of rotatable bonds is 12. The maximum atomic E-state index is 12.5. The van der Waals surface area contributed by atoms with E-state index in [1.807, 2.05) is 50.2 Å². The highest BCUT2D eigenvalue weighted by molar-refractivity contribution is 5.92. The minimum absolute atomic E-state index is 0.0767. The molecule has 4 rings (SSSR count). The molecule has 0 radical (unpaired) electrons. The van der Waals surface area contributed by atoms with Crippen LogP contribution in [-0.2, 0) is 24.2 Å². The van der Waals surface area contributed by atoms with Crippen molar-refractivity contribution >= 4 is 11.8 Å². The van der Waals surface area contributed by atoms with Crippen molar-refractivity contribution in [2.24, 2.45) is 5.73 Å². The van der Waals surface area contributed by atoms with Crippen LogP contribution in [0.3, 0.4) is 0 Å². The van der Waals surface area contributed by atoms with E-state index in [4.69, 9.17) is 5.73 Å². The molecule has 0 saturated heterocycles. The maximum absolute atomic E-state index is 12.5. The van der Waals surface area contributed by atoms with Gasteiger partial charge in [-0.25, -0.2) is 4.98 Å². The highest BCUT2D eigenvalue weighted by Crippen LogP contribution is 2.18. The van der Waals surface area contributed by atoms with E-state index in [0.29, 0.717) is 18.7 Å². The lowest BCUT2D eigenvalue weighted by Crippen LogP contribution is -2.32. The van der Waals surface area contributed by atoms with Crippen LogP contribution < -0.4 is 16.4 Å². The minimum Gasteiger partial charge on any atom is -0.387 e. The first-order chi connectivity index (χ1) is 19.2. The zero-order chi connectivity index (χ0) is 28.6. The van der Waals surface area contributed by atoms with E-state index in [9.17, 15) is 14.7 Å². The molecule has 8 nitrogen and oxygen atoms in total. The fourth-order valence-corrected chi connectivity index (χ4v) is 4.72. The molecule has 0 aliphatic carbocycles. The summed E-state index contributed by atoms with van der Waals surface area (Å²) < 4.78 is 2.08. The predicted octanol–water partition coefficient (Wildman–Crippen LogP) is 3.70. The van der Waals surface area contributed by atoms with E-state index in [0.717, 1.165) is 45.9 Å². The second kappa shape index (κ2) is 13.2. The fraction of sp³-hybridized carbons (Fsp3) is 0.281. The van der Waals surface area contributed by atoms with Crippen LogP contribution in [0.4, 0.5) is 0 Å². The second-order valence-corrected chi connectivity index (χ2v) is 10.3. The van der Waals surface area contributed by atoms with E-state index in [1.165, 1.54) is 0 Å². The van der Waals surface area contributed by atoms with E-state index >= 15 is 0 Å². The van der Waals surface area contributed by atoms with E-state index in [1.54, 1.807) is 30.5 Å². The van der Waals surface area contributed by atoms with Crippen LogP contribution >= 0.6 is 0 Å². The molecule has 2 heterocycles. The van der Waals surface area contributed by atoms with Gasteiger partial charge in [-0.3, -0.25) is 9.59 Å². The predicted molar refractivity (Wildman–Crippen MR) is 156 cm³/mol. The van der Waals surface area contributed by atoms with Gasteiger partial charge in [0.2, 0.25) is 11.8 Å². The Kier molecular flexibility index (Phi) is 9.47. The van der Waals surface area contributed by atoms with Gasteiger partial charge < -0.3 is 26.0 Å². The normalized spacial score (nSPS) is 12.6. The zero-order valence-electron chi connectivity index (χ0n) is 23.2. The van der Waals surface area contributed by atoms with Crippen molar-refractivity contribution in [2.45, 2.75) is 52.3 Å². The number of aryl methyl sites for hydroxylation is 2. The topological polar surface area (TPSA) is 122 Å². The first-order valence-corrected chi connectivity index (χ1v) is 13.5. The van der Waals surface area contributed by atoms with Crippen molar-refractivity contribution < 1.29 is 14.7 Å². The molecule has 0 aliphatic heterocycles. The Morgan fingerprint density at radius 2 is 1.65 bits per heavy atom. The number of hydrogen-bond acceptors (Lipinski definition) is 5. The number of benzene rings is 2. The number of primary amides is 1. The molecule has 208 valence electrons. The molecule has 0 saturated carbocycles. The molecular formula is C32H37N5O3. The summed E-state index contributed by atoms with van der Waals surface area (Å²) in [5, 5.41) is 17.0. The molecule has 2 aromatic heterocycles. The van der Waals surface area contributed by atoms with Crippen molar-refractivity contribution in [3.05, 3.63) is 118 Å². The van der Waals surface area contributed by atoms with E-state index < -0.39 is 12.0 Å². The Balaban J connectivity index is 1.24. The summed E-state index contributed by atoms with van der Waals surface area (Å²) in [5.74, 6) is 0.286. The van der Waals surface area contributed by atoms with Crippen molar-refractivity contribution in [3.8, 4) is 5.82 Å². The zero-order valence-corrected chi connectivity index (χ0v) is 23.2. The fourth-order valence-electron chi connectivity index (χ4n) is 4.72. The first kappa shape index (κ1) is 28.7. The summed E-state index contributed by atoms with van der Waals surface area (Å²) in [7, 11) is 0. The lowest BCUT2D eigenvalue weighted by Gasteiger charge is -2.18. The second-order valence-electron chi connectivity index (χ2n) is 10.3. The highest BCUT2D eigenvalue weighted by Gasteiger charge is 2.13. The van der Waals surface area contributed by atoms with Crippen LogP contribution in [0.5, 0.6) is 0 Å². The number of carbonyl (C=O) groups excluding carboxylic acids is 2. The molecule has 0 aliphatic rings. The van der Waals surface area contributed by atoms with Gasteiger partial charge in [-0.15, -0.1) is 0 Å². The Morgan fingerprint density at radius 1 is 0.950 bits per heavy atom. The highest BCUT2D eigenvalue weighted by atomic mass is 16.3. The number of hydrogen-bond donors (Lipinski definition) is 4. The molecule has 8 heteroatoms. The third kappa shape index (κ3) is 7.65. The number of carbonyl (C=O) groups is 2. The number of nitrogens with zero attached hydrogens (tertiary/aromatic N) is 2. The van der Waals surface area contributed by atoms with E-state index in [2.05, 4.69) is 39.2 Å². The van der Waals surface area contributed by atoms with Crippen LogP contribution in [-0.4, -0.2) is 39.1 Å². The summed E-state index contributed by atoms with van der Waals surface area (Å²) in [5.41, 5.74) is 11.7. The smallest absolute Gasteiger partial charge is 0.248 e. The molecular weight excluding hydrogens is 502 g/mol. The van der Waals surface area contributed by atoms with Gasteiger partial charge in [0, 0.05) is 47.8 Å². The maximum Gasteiger partial charge on any atom is 0.248 e. The molecule has 0 bridgehead atoms. The third-order valence-corrected chi connectivity index (χ3v) is 6.94. The molecule has 2 atom stereocenters. The van der Waals surface area contributed by atoms with Crippen LogP contribution in [0.25, 0.3) is 5.82 Å². The van der Waals surface area contributed by atoms with Crippen molar-refractivity contribution in [3.63, 3.8) is 0 Å². The Bertz CT molecular complexity index is 1420. The number of nitrogens with two attached hydrogens (primary N) is 1. The van der Waals surface area contributed by atoms with Gasteiger partial charge in [-0.2, -0.15) is 0 Å². The third-order valence-electron chi connectivity index (χ3n) is 6.94. The quantitative estimate of drug-likeness (QED) is 0.219. The number of aromatic nitrogens is 2. The number of pyridine rings is 1. The molecule has 2 aromatic carbocycles. The van der Waals surface area contributed by atoms with Gasteiger partial charge in [0.05, 0.1) is 12.5 Å². The van der Waals surface area contributed by atoms with Crippen molar-refractivity contribution in [1.29, 1.82) is 0 Å². The lowest BCUT2D eigenvalue weighted by molar-refractivity contribution is -0.120.